The highest BCUT2D eigenvalue weighted by Gasteiger charge is 2.27. The fraction of sp³-hybridized carbons (Fsp3) is 0.571. The summed E-state index contributed by atoms with van der Waals surface area (Å²) < 4.78 is 57.3. The molecule has 5 heteroatoms. The van der Waals surface area contributed by atoms with Gasteiger partial charge in [0.25, 0.3) is 0 Å². The zero-order chi connectivity index (χ0) is 23.5. The molecular weight excluding hydrogens is 448 g/mol. The number of halogens is 5. The average Bonchev–Trinajstić information content (AvgIpc) is 2.81. The summed E-state index contributed by atoms with van der Waals surface area (Å²) in [6.45, 7) is 2.30. The van der Waals surface area contributed by atoms with E-state index in [-0.39, 0.29) is 11.5 Å². The standard InChI is InChI=1S/C28H33ClF4/c1-2-17-3-5-18(6-4-17)7-8-19-9-11-20(12-10-19)21-13-23(30)27(24(31)14-21)22-15-25(32)28(29)26(33)16-22/h13-20H,2-12H2,1H3. The van der Waals surface area contributed by atoms with Crippen molar-refractivity contribution in [3.63, 3.8) is 0 Å². The second-order valence-electron chi connectivity index (χ2n) is 10.2. The Morgan fingerprint density at radius 1 is 0.667 bits per heavy atom. The van der Waals surface area contributed by atoms with Crippen molar-refractivity contribution in [3.05, 3.63) is 58.1 Å². The third-order valence-corrected chi connectivity index (χ3v) is 8.54. The van der Waals surface area contributed by atoms with Crippen LogP contribution in [0.5, 0.6) is 0 Å². The maximum Gasteiger partial charge on any atom is 0.145 e. The molecular formula is C28H33ClF4. The first-order valence-corrected chi connectivity index (χ1v) is 12.9. The van der Waals surface area contributed by atoms with Gasteiger partial charge in [-0.05, 0) is 84.7 Å². The molecule has 180 valence electrons. The predicted molar refractivity (Wildman–Crippen MR) is 126 cm³/mol. The molecule has 2 aliphatic carbocycles. The van der Waals surface area contributed by atoms with Crippen molar-refractivity contribution in [1.29, 1.82) is 0 Å². The lowest BCUT2D eigenvalue weighted by molar-refractivity contribution is 0.227. The summed E-state index contributed by atoms with van der Waals surface area (Å²) in [5.74, 6) is -1.02. The SMILES string of the molecule is CCC1CCC(CCC2CCC(c3cc(F)c(-c4cc(F)c(Cl)c(F)c4)c(F)c3)CC2)CC1. The first-order chi connectivity index (χ1) is 15.9. The van der Waals surface area contributed by atoms with Crippen molar-refractivity contribution < 1.29 is 17.6 Å². The van der Waals surface area contributed by atoms with Crippen LogP contribution in [-0.4, -0.2) is 0 Å². The van der Waals surface area contributed by atoms with Crippen LogP contribution in [-0.2, 0) is 0 Å². The Morgan fingerprint density at radius 2 is 1.12 bits per heavy atom. The van der Waals surface area contributed by atoms with E-state index in [1.807, 2.05) is 0 Å². The van der Waals surface area contributed by atoms with Crippen LogP contribution in [0.4, 0.5) is 17.6 Å². The first-order valence-electron chi connectivity index (χ1n) is 12.5. The number of hydrogen-bond acceptors (Lipinski definition) is 0. The zero-order valence-corrected chi connectivity index (χ0v) is 20.0. The van der Waals surface area contributed by atoms with Gasteiger partial charge in [0.1, 0.15) is 28.3 Å². The smallest absolute Gasteiger partial charge is 0.145 e. The van der Waals surface area contributed by atoms with Gasteiger partial charge in [0.05, 0.1) is 5.56 Å². The lowest BCUT2D eigenvalue weighted by Crippen LogP contribution is -2.17. The quantitative estimate of drug-likeness (QED) is 0.285. The summed E-state index contributed by atoms with van der Waals surface area (Å²) in [7, 11) is 0. The topological polar surface area (TPSA) is 0 Å². The van der Waals surface area contributed by atoms with Crippen LogP contribution in [0.25, 0.3) is 11.1 Å². The van der Waals surface area contributed by atoms with Gasteiger partial charge < -0.3 is 0 Å². The monoisotopic (exact) mass is 480 g/mol. The molecule has 2 fully saturated rings. The first kappa shape index (κ1) is 24.6. The molecule has 0 heterocycles. The van der Waals surface area contributed by atoms with Crippen molar-refractivity contribution in [2.75, 3.05) is 0 Å². The van der Waals surface area contributed by atoms with Crippen LogP contribution in [0, 0.1) is 41.0 Å². The van der Waals surface area contributed by atoms with Crippen LogP contribution in [0.1, 0.15) is 89.0 Å². The minimum absolute atomic E-state index is 0.123. The van der Waals surface area contributed by atoms with Crippen LogP contribution >= 0.6 is 11.6 Å². The van der Waals surface area contributed by atoms with Gasteiger partial charge in [-0.3, -0.25) is 0 Å². The molecule has 33 heavy (non-hydrogen) atoms. The van der Waals surface area contributed by atoms with Crippen LogP contribution in [0.2, 0.25) is 5.02 Å². The fourth-order valence-electron chi connectivity index (χ4n) is 5.99. The van der Waals surface area contributed by atoms with Gasteiger partial charge in [-0.15, -0.1) is 0 Å². The molecule has 0 N–H and O–H groups in total. The van der Waals surface area contributed by atoms with Crippen molar-refractivity contribution in [2.45, 2.75) is 83.5 Å². The van der Waals surface area contributed by atoms with Crippen molar-refractivity contribution in [1.82, 2.24) is 0 Å². The molecule has 0 unspecified atom stereocenters. The third kappa shape index (κ3) is 5.75. The highest BCUT2D eigenvalue weighted by atomic mass is 35.5. The van der Waals surface area contributed by atoms with Gasteiger partial charge in [-0.25, -0.2) is 17.6 Å². The van der Waals surface area contributed by atoms with Crippen LogP contribution in [0.3, 0.4) is 0 Å². The summed E-state index contributed by atoms with van der Waals surface area (Å²) in [5, 5.41) is -0.679. The van der Waals surface area contributed by atoms with Gasteiger partial charge in [-0.1, -0.05) is 63.5 Å². The van der Waals surface area contributed by atoms with Crippen LogP contribution in [0.15, 0.2) is 24.3 Å². The molecule has 0 nitrogen and oxygen atoms in total. The maximum absolute atomic E-state index is 14.9. The van der Waals surface area contributed by atoms with E-state index in [2.05, 4.69) is 6.92 Å². The summed E-state index contributed by atoms with van der Waals surface area (Å²) in [4.78, 5) is 0. The predicted octanol–water partition coefficient (Wildman–Crippen LogP) is 9.83. The second kappa shape index (κ2) is 10.8. The summed E-state index contributed by atoms with van der Waals surface area (Å²) in [6, 6.07) is 4.40. The Kier molecular flexibility index (Phi) is 8.04. The minimum Gasteiger partial charge on any atom is -0.206 e. The van der Waals surface area contributed by atoms with E-state index in [0.29, 0.717) is 11.5 Å². The fourth-order valence-corrected chi connectivity index (χ4v) is 6.10. The summed E-state index contributed by atoms with van der Waals surface area (Å²) >= 11 is 5.50. The van der Waals surface area contributed by atoms with Crippen molar-refractivity contribution in [3.8, 4) is 11.1 Å². The number of rotatable bonds is 6. The van der Waals surface area contributed by atoms with Gasteiger partial charge in [0.2, 0.25) is 0 Å². The Labute approximate surface area is 199 Å². The van der Waals surface area contributed by atoms with Gasteiger partial charge >= 0.3 is 0 Å². The Hall–Kier alpha value is -1.55. The van der Waals surface area contributed by atoms with Crippen LogP contribution < -0.4 is 0 Å². The zero-order valence-electron chi connectivity index (χ0n) is 19.3. The molecule has 2 saturated carbocycles. The number of benzene rings is 2. The summed E-state index contributed by atoms with van der Waals surface area (Å²) in [6.07, 6.45) is 13.5. The van der Waals surface area contributed by atoms with Gasteiger partial charge in [0.15, 0.2) is 0 Å². The van der Waals surface area contributed by atoms with E-state index >= 15 is 0 Å². The van der Waals surface area contributed by atoms with E-state index in [1.54, 1.807) is 0 Å². The van der Waals surface area contributed by atoms with E-state index in [9.17, 15) is 17.6 Å². The lowest BCUT2D eigenvalue weighted by atomic mass is 9.74. The van der Waals surface area contributed by atoms with Crippen molar-refractivity contribution in [2.24, 2.45) is 17.8 Å². The van der Waals surface area contributed by atoms with E-state index in [4.69, 9.17) is 11.6 Å². The van der Waals surface area contributed by atoms with Crippen molar-refractivity contribution >= 4 is 11.6 Å². The normalized spacial score (nSPS) is 25.9. The molecule has 2 aromatic carbocycles. The molecule has 0 bridgehead atoms. The highest BCUT2D eigenvalue weighted by Crippen LogP contribution is 2.41. The molecule has 0 aliphatic heterocycles. The Morgan fingerprint density at radius 3 is 1.61 bits per heavy atom. The van der Waals surface area contributed by atoms with E-state index in [0.717, 1.165) is 49.7 Å². The highest BCUT2D eigenvalue weighted by molar-refractivity contribution is 6.31. The van der Waals surface area contributed by atoms with E-state index < -0.39 is 33.9 Å². The van der Waals surface area contributed by atoms with Gasteiger partial charge in [-0.2, -0.15) is 0 Å². The Bertz CT molecular complexity index is 910. The minimum atomic E-state index is -1.04. The maximum atomic E-state index is 14.9. The summed E-state index contributed by atoms with van der Waals surface area (Å²) in [5.41, 5.74) is 0.0346. The van der Waals surface area contributed by atoms with E-state index in [1.165, 1.54) is 57.1 Å². The molecule has 0 saturated heterocycles. The molecule has 0 spiro atoms. The largest absolute Gasteiger partial charge is 0.206 e. The molecule has 0 amide bonds. The molecule has 0 aromatic heterocycles. The molecule has 2 aromatic rings. The van der Waals surface area contributed by atoms with Gasteiger partial charge in [0, 0.05) is 0 Å². The molecule has 4 rings (SSSR count). The third-order valence-electron chi connectivity index (χ3n) is 8.18. The number of hydrogen-bond donors (Lipinski definition) is 0. The molecule has 0 radical (unpaired) electrons. The second-order valence-corrected chi connectivity index (χ2v) is 10.6. The molecule has 2 aliphatic rings. The lowest BCUT2D eigenvalue weighted by Gasteiger charge is -2.32. The molecule has 0 atom stereocenters. The average molecular weight is 481 g/mol. The Balaban J connectivity index is 1.35.